The highest BCUT2D eigenvalue weighted by atomic mass is 16.2. The monoisotopic (exact) mass is 385 g/mol. The van der Waals surface area contributed by atoms with E-state index in [1.807, 2.05) is 18.2 Å². The van der Waals surface area contributed by atoms with Crippen molar-refractivity contribution in [2.75, 3.05) is 37.7 Å². The van der Waals surface area contributed by atoms with Crippen LogP contribution in [0.5, 0.6) is 0 Å². The second kappa shape index (κ2) is 7.87. The Hall–Kier alpha value is -2.48. The van der Waals surface area contributed by atoms with Gasteiger partial charge < -0.3 is 4.90 Å². The summed E-state index contributed by atoms with van der Waals surface area (Å²) in [7, 11) is 0. The van der Waals surface area contributed by atoms with Crippen LogP contribution in [0.2, 0.25) is 0 Å². The molecule has 8 nitrogen and oxygen atoms in total. The molecule has 1 aromatic heterocycles. The van der Waals surface area contributed by atoms with Gasteiger partial charge in [-0.1, -0.05) is 25.8 Å². The molecule has 8 heteroatoms. The zero-order valence-electron chi connectivity index (χ0n) is 16.3. The van der Waals surface area contributed by atoms with Crippen LogP contribution in [0.15, 0.2) is 24.4 Å². The fraction of sp³-hybridized carbons (Fsp3) is 0.600. The van der Waals surface area contributed by atoms with E-state index in [-0.39, 0.29) is 18.6 Å². The first-order valence-electron chi connectivity index (χ1n) is 10.1. The number of piperazine rings is 1. The van der Waals surface area contributed by atoms with Crippen LogP contribution >= 0.6 is 0 Å². The number of aromatic nitrogens is 1. The van der Waals surface area contributed by atoms with Gasteiger partial charge in [0.25, 0.3) is 0 Å². The first-order valence-corrected chi connectivity index (χ1v) is 10.1. The van der Waals surface area contributed by atoms with Crippen LogP contribution < -0.4 is 4.90 Å². The third-order valence-corrected chi connectivity index (χ3v) is 6.17. The number of pyridine rings is 1. The number of urea groups is 1. The minimum absolute atomic E-state index is 0.149. The molecule has 0 aromatic carbocycles. The molecule has 0 unspecified atom stereocenters. The number of nitrogens with zero attached hydrogens (tertiary/aromatic N) is 5. The van der Waals surface area contributed by atoms with E-state index in [4.69, 9.17) is 0 Å². The zero-order chi connectivity index (χ0) is 19.7. The summed E-state index contributed by atoms with van der Waals surface area (Å²) in [5.74, 6) is -0.162. The molecule has 0 radical (unpaired) electrons. The molecule has 0 N–H and O–H groups in total. The maximum absolute atomic E-state index is 12.9. The van der Waals surface area contributed by atoms with Crippen molar-refractivity contribution in [3.05, 3.63) is 24.4 Å². The van der Waals surface area contributed by atoms with Crippen LogP contribution in [0.25, 0.3) is 0 Å². The van der Waals surface area contributed by atoms with Gasteiger partial charge in [-0.3, -0.25) is 19.4 Å². The van der Waals surface area contributed by atoms with Crippen LogP contribution in [0.3, 0.4) is 0 Å². The van der Waals surface area contributed by atoms with E-state index in [0.29, 0.717) is 13.1 Å². The number of carbonyl (C=O) groups is 3. The highest BCUT2D eigenvalue weighted by Crippen LogP contribution is 2.31. The molecule has 3 heterocycles. The van der Waals surface area contributed by atoms with Gasteiger partial charge in [0.05, 0.1) is 6.67 Å². The highest BCUT2D eigenvalue weighted by molar-refractivity contribution is 6.44. The third kappa shape index (κ3) is 3.48. The minimum atomic E-state index is -0.685. The van der Waals surface area contributed by atoms with Gasteiger partial charge in [0.15, 0.2) is 0 Å². The van der Waals surface area contributed by atoms with E-state index in [1.165, 1.54) is 4.90 Å². The summed E-state index contributed by atoms with van der Waals surface area (Å²) < 4.78 is 0. The predicted octanol–water partition coefficient (Wildman–Crippen LogP) is 1.53. The molecular weight excluding hydrogens is 358 g/mol. The summed E-state index contributed by atoms with van der Waals surface area (Å²) in [4.78, 5) is 48.9. The van der Waals surface area contributed by atoms with Crippen LogP contribution in [-0.4, -0.2) is 76.4 Å². The van der Waals surface area contributed by atoms with Crippen LogP contribution in [-0.2, 0) is 9.59 Å². The van der Waals surface area contributed by atoms with Crippen LogP contribution in [0.1, 0.15) is 32.6 Å². The lowest BCUT2D eigenvalue weighted by atomic mass is 9.85. The average Bonchev–Trinajstić information content (AvgIpc) is 2.93. The minimum Gasteiger partial charge on any atom is -0.354 e. The Morgan fingerprint density at radius 3 is 2.43 bits per heavy atom. The Bertz CT molecular complexity index is 747. The van der Waals surface area contributed by atoms with Crippen molar-refractivity contribution in [3.63, 3.8) is 0 Å². The summed E-state index contributed by atoms with van der Waals surface area (Å²) in [6.07, 6.45) is 5.67. The van der Waals surface area contributed by atoms with Gasteiger partial charge in [-0.2, -0.15) is 0 Å². The molecule has 28 heavy (non-hydrogen) atoms. The summed E-state index contributed by atoms with van der Waals surface area (Å²) in [5, 5.41) is 0. The second-order valence-electron chi connectivity index (χ2n) is 7.95. The number of anilines is 1. The van der Waals surface area contributed by atoms with Crippen LogP contribution in [0.4, 0.5) is 10.6 Å². The lowest BCUT2D eigenvalue weighted by Gasteiger charge is -2.37. The van der Waals surface area contributed by atoms with Crippen molar-refractivity contribution >= 4 is 23.7 Å². The van der Waals surface area contributed by atoms with E-state index in [9.17, 15) is 14.4 Å². The fourth-order valence-corrected chi connectivity index (χ4v) is 4.48. The van der Waals surface area contributed by atoms with Crippen LogP contribution in [0, 0.1) is 5.92 Å². The average molecular weight is 385 g/mol. The van der Waals surface area contributed by atoms with Gasteiger partial charge in [0.1, 0.15) is 5.82 Å². The molecule has 4 amide bonds. The molecule has 150 valence electrons. The molecule has 2 atom stereocenters. The van der Waals surface area contributed by atoms with Gasteiger partial charge in [0.2, 0.25) is 0 Å². The molecule has 3 fully saturated rings. The van der Waals surface area contributed by atoms with Gasteiger partial charge in [-0.15, -0.1) is 0 Å². The van der Waals surface area contributed by atoms with E-state index >= 15 is 0 Å². The molecule has 4 rings (SSSR count). The van der Waals surface area contributed by atoms with Crippen molar-refractivity contribution in [1.29, 1.82) is 0 Å². The zero-order valence-corrected chi connectivity index (χ0v) is 16.3. The third-order valence-electron chi connectivity index (χ3n) is 6.17. The van der Waals surface area contributed by atoms with Crippen molar-refractivity contribution in [1.82, 2.24) is 19.7 Å². The molecule has 1 aliphatic carbocycles. The largest absolute Gasteiger partial charge is 0.354 e. The summed E-state index contributed by atoms with van der Waals surface area (Å²) >= 11 is 0. The van der Waals surface area contributed by atoms with Gasteiger partial charge in [-0.25, -0.2) is 14.7 Å². The van der Waals surface area contributed by atoms with Crippen molar-refractivity contribution < 1.29 is 14.4 Å². The Morgan fingerprint density at radius 1 is 1.00 bits per heavy atom. The standard InChI is InChI=1S/C20H27N5O3/c1-15-6-2-3-7-16(15)25-19(27)18(26)24(20(25)28)14-22-10-12-23(13-11-22)17-8-4-5-9-21-17/h4-5,8-9,15-16H,2-3,6-7,10-14H2,1H3/t15-,16+/m0/s1. The van der Waals surface area contributed by atoms with Gasteiger partial charge in [-0.05, 0) is 30.9 Å². The Kier molecular flexibility index (Phi) is 5.30. The summed E-state index contributed by atoms with van der Waals surface area (Å²) in [6, 6.07) is 5.23. The molecule has 0 bridgehead atoms. The van der Waals surface area contributed by atoms with E-state index in [2.05, 4.69) is 21.7 Å². The maximum Gasteiger partial charge on any atom is 0.335 e. The topological polar surface area (TPSA) is 77.1 Å². The first kappa shape index (κ1) is 18.9. The van der Waals surface area contributed by atoms with Gasteiger partial charge in [0, 0.05) is 38.4 Å². The molecule has 1 aromatic rings. The number of hydrogen-bond donors (Lipinski definition) is 0. The lowest BCUT2D eigenvalue weighted by Crippen LogP contribution is -2.52. The fourth-order valence-electron chi connectivity index (χ4n) is 4.48. The molecule has 0 spiro atoms. The van der Waals surface area contributed by atoms with E-state index in [0.717, 1.165) is 49.5 Å². The number of rotatable bonds is 4. The molecule has 1 saturated carbocycles. The number of imide groups is 2. The van der Waals surface area contributed by atoms with E-state index < -0.39 is 17.8 Å². The molecule has 3 aliphatic rings. The van der Waals surface area contributed by atoms with E-state index in [1.54, 1.807) is 6.20 Å². The summed E-state index contributed by atoms with van der Waals surface area (Å²) in [6.45, 7) is 5.20. The first-order chi connectivity index (χ1) is 13.6. The number of amides is 4. The predicted molar refractivity (Wildman–Crippen MR) is 103 cm³/mol. The second-order valence-corrected chi connectivity index (χ2v) is 7.95. The SMILES string of the molecule is C[C@H]1CCCC[C@H]1N1C(=O)C(=O)N(CN2CCN(c3ccccn3)CC2)C1=O. The summed E-state index contributed by atoms with van der Waals surface area (Å²) in [5.41, 5.74) is 0. The van der Waals surface area contributed by atoms with Crippen molar-refractivity contribution in [2.24, 2.45) is 5.92 Å². The highest BCUT2D eigenvalue weighted by Gasteiger charge is 2.49. The molecule has 2 saturated heterocycles. The van der Waals surface area contributed by atoms with Gasteiger partial charge >= 0.3 is 17.8 Å². The Balaban J connectivity index is 1.38. The maximum atomic E-state index is 12.9. The lowest BCUT2D eigenvalue weighted by molar-refractivity contribution is -0.145. The normalized spacial score (nSPS) is 27.0. The molecule has 2 aliphatic heterocycles. The number of carbonyl (C=O) groups excluding carboxylic acids is 3. The number of hydrogen-bond acceptors (Lipinski definition) is 6. The Morgan fingerprint density at radius 2 is 1.75 bits per heavy atom. The van der Waals surface area contributed by atoms with Crippen molar-refractivity contribution in [2.45, 2.75) is 38.6 Å². The Labute approximate surface area is 165 Å². The smallest absolute Gasteiger partial charge is 0.335 e. The van der Waals surface area contributed by atoms with Crippen molar-refractivity contribution in [3.8, 4) is 0 Å². The molecular formula is C20H27N5O3. The quantitative estimate of drug-likeness (QED) is 0.578.